The second-order valence-electron chi connectivity index (χ2n) is 7.84. The number of likely N-dealkylation sites (tertiary alicyclic amines) is 1. The quantitative estimate of drug-likeness (QED) is 0.414. The lowest BCUT2D eigenvalue weighted by Gasteiger charge is -2.31. The van der Waals surface area contributed by atoms with Gasteiger partial charge < -0.3 is 19.1 Å². The number of aromatic nitrogens is 1. The van der Waals surface area contributed by atoms with E-state index in [0.717, 1.165) is 24.3 Å². The van der Waals surface area contributed by atoms with Crippen molar-refractivity contribution in [3.8, 4) is 23.0 Å². The van der Waals surface area contributed by atoms with Crippen molar-refractivity contribution in [3.63, 3.8) is 0 Å². The normalized spacial score (nSPS) is 14.2. The number of ether oxygens (including phenoxy) is 3. The van der Waals surface area contributed by atoms with E-state index in [1.54, 1.807) is 35.4 Å². The van der Waals surface area contributed by atoms with Crippen molar-refractivity contribution in [2.45, 2.75) is 25.9 Å². The predicted molar refractivity (Wildman–Crippen MR) is 128 cm³/mol. The highest BCUT2D eigenvalue weighted by molar-refractivity contribution is 5.91. The summed E-state index contributed by atoms with van der Waals surface area (Å²) in [7, 11) is 0. The third-order valence-corrected chi connectivity index (χ3v) is 5.43. The predicted octanol–water partition coefficient (Wildman–Crippen LogP) is 5.49. The number of amides is 1. The summed E-state index contributed by atoms with van der Waals surface area (Å²) in [5.74, 6) is 1.40. The molecular formula is C27H27FN2O4. The van der Waals surface area contributed by atoms with Crippen LogP contribution >= 0.6 is 0 Å². The molecule has 0 radical (unpaired) electrons. The summed E-state index contributed by atoms with van der Waals surface area (Å²) in [6, 6.07) is 15.6. The summed E-state index contributed by atoms with van der Waals surface area (Å²) >= 11 is 0. The third-order valence-electron chi connectivity index (χ3n) is 5.43. The maximum absolute atomic E-state index is 14.4. The zero-order valence-electron chi connectivity index (χ0n) is 19.0. The van der Waals surface area contributed by atoms with Gasteiger partial charge in [0, 0.05) is 38.2 Å². The van der Waals surface area contributed by atoms with Crippen LogP contribution in [0.15, 0.2) is 73.1 Å². The molecule has 6 nitrogen and oxygen atoms in total. The molecule has 176 valence electrons. The van der Waals surface area contributed by atoms with Gasteiger partial charge in [-0.1, -0.05) is 18.2 Å². The Kier molecular flexibility index (Phi) is 7.75. The molecule has 0 spiro atoms. The fourth-order valence-electron chi connectivity index (χ4n) is 3.71. The largest absolute Gasteiger partial charge is 0.490 e. The molecule has 0 saturated carbocycles. The highest BCUT2D eigenvalue weighted by Crippen LogP contribution is 2.29. The van der Waals surface area contributed by atoms with Crippen LogP contribution in [0, 0.1) is 5.82 Å². The number of carbonyl (C=O) groups excluding carboxylic acids is 1. The van der Waals surface area contributed by atoms with Crippen molar-refractivity contribution in [3.05, 3.63) is 84.4 Å². The van der Waals surface area contributed by atoms with Gasteiger partial charge in [-0.2, -0.15) is 0 Å². The molecule has 3 aromatic rings. The number of halogens is 1. The first-order chi connectivity index (χ1) is 16.6. The van der Waals surface area contributed by atoms with Gasteiger partial charge >= 0.3 is 0 Å². The molecule has 1 aliphatic heterocycles. The Labute approximate surface area is 198 Å². The van der Waals surface area contributed by atoms with Crippen LogP contribution in [-0.2, 0) is 4.79 Å². The third kappa shape index (κ3) is 6.13. The molecule has 7 heteroatoms. The number of benzene rings is 2. The van der Waals surface area contributed by atoms with E-state index in [-0.39, 0.29) is 17.8 Å². The molecule has 0 unspecified atom stereocenters. The number of hydrogen-bond donors (Lipinski definition) is 0. The molecule has 0 atom stereocenters. The van der Waals surface area contributed by atoms with E-state index < -0.39 is 5.82 Å². The van der Waals surface area contributed by atoms with Gasteiger partial charge in [0.05, 0.1) is 12.8 Å². The molecule has 0 bridgehead atoms. The van der Waals surface area contributed by atoms with Gasteiger partial charge in [0.25, 0.3) is 0 Å². The van der Waals surface area contributed by atoms with Crippen LogP contribution in [0.25, 0.3) is 6.08 Å². The van der Waals surface area contributed by atoms with Crippen LogP contribution in [0.3, 0.4) is 0 Å². The Hall–Kier alpha value is -3.87. The molecule has 2 aromatic carbocycles. The number of rotatable bonds is 8. The topological polar surface area (TPSA) is 60.9 Å². The van der Waals surface area contributed by atoms with Gasteiger partial charge in [0.1, 0.15) is 11.9 Å². The average Bonchev–Trinajstić information content (AvgIpc) is 2.86. The Morgan fingerprint density at radius 3 is 2.59 bits per heavy atom. The molecule has 2 heterocycles. The minimum Gasteiger partial charge on any atom is -0.490 e. The number of hydrogen-bond acceptors (Lipinski definition) is 5. The summed E-state index contributed by atoms with van der Waals surface area (Å²) in [6.45, 7) is 3.70. The summed E-state index contributed by atoms with van der Waals surface area (Å²) in [4.78, 5) is 18.3. The van der Waals surface area contributed by atoms with Crippen LogP contribution < -0.4 is 14.2 Å². The molecule has 1 saturated heterocycles. The van der Waals surface area contributed by atoms with Crippen molar-refractivity contribution in [1.82, 2.24) is 9.88 Å². The minimum absolute atomic E-state index is 0.0242. The van der Waals surface area contributed by atoms with Gasteiger partial charge in [0.15, 0.2) is 23.1 Å². The zero-order chi connectivity index (χ0) is 23.8. The highest BCUT2D eigenvalue weighted by Gasteiger charge is 2.23. The second kappa shape index (κ2) is 11.3. The zero-order valence-corrected chi connectivity index (χ0v) is 19.0. The van der Waals surface area contributed by atoms with E-state index in [0.29, 0.717) is 31.0 Å². The van der Waals surface area contributed by atoms with Crippen LogP contribution in [-0.4, -0.2) is 41.6 Å². The number of carbonyl (C=O) groups is 1. The molecular weight excluding hydrogens is 435 g/mol. The number of nitrogens with zero attached hydrogens (tertiary/aromatic N) is 2. The Bertz CT molecular complexity index is 1130. The average molecular weight is 463 g/mol. The van der Waals surface area contributed by atoms with Crippen molar-refractivity contribution in [1.29, 1.82) is 0 Å². The fourth-order valence-corrected chi connectivity index (χ4v) is 3.71. The van der Waals surface area contributed by atoms with Crippen molar-refractivity contribution in [2.24, 2.45) is 0 Å². The first kappa shape index (κ1) is 23.3. The van der Waals surface area contributed by atoms with Crippen LogP contribution in [0.2, 0.25) is 0 Å². The first-order valence-electron chi connectivity index (χ1n) is 11.4. The molecule has 1 fully saturated rings. The van der Waals surface area contributed by atoms with Gasteiger partial charge in [-0.25, -0.2) is 4.39 Å². The van der Waals surface area contributed by atoms with Crippen molar-refractivity contribution in [2.75, 3.05) is 19.7 Å². The molecule has 0 N–H and O–H groups in total. The lowest BCUT2D eigenvalue weighted by Crippen LogP contribution is -2.41. The second-order valence-corrected chi connectivity index (χ2v) is 7.84. The summed E-state index contributed by atoms with van der Waals surface area (Å²) in [6.07, 6.45) is 7.70. The fraction of sp³-hybridized carbons (Fsp3) is 0.259. The summed E-state index contributed by atoms with van der Waals surface area (Å²) < 4.78 is 31.7. The van der Waals surface area contributed by atoms with E-state index in [2.05, 4.69) is 4.98 Å². The van der Waals surface area contributed by atoms with Gasteiger partial charge in [0.2, 0.25) is 5.91 Å². The van der Waals surface area contributed by atoms with E-state index in [4.69, 9.17) is 14.2 Å². The number of piperidine rings is 1. The van der Waals surface area contributed by atoms with Gasteiger partial charge in [-0.15, -0.1) is 0 Å². The van der Waals surface area contributed by atoms with Gasteiger partial charge in [-0.3, -0.25) is 9.78 Å². The van der Waals surface area contributed by atoms with Crippen molar-refractivity contribution >= 4 is 12.0 Å². The Morgan fingerprint density at radius 1 is 1.09 bits per heavy atom. The lowest BCUT2D eigenvalue weighted by molar-refractivity contribution is -0.127. The smallest absolute Gasteiger partial charge is 0.246 e. The number of para-hydroxylation sites is 2. The monoisotopic (exact) mass is 462 g/mol. The minimum atomic E-state index is -0.510. The van der Waals surface area contributed by atoms with E-state index in [1.807, 2.05) is 31.2 Å². The highest BCUT2D eigenvalue weighted by atomic mass is 19.1. The molecule has 1 aliphatic rings. The SMILES string of the molecule is CCOc1ccccc1OC1CCN(C(=O)/C=C/c2ccc(Oc3cccnc3)c(F)c2)CC1. The number of pyridine rings is 1. The molecule has 0 aliphatic carbocycles. The maximum atomic E-state index is 14.4. The molecule has 4 rings (SSSR count). The van der Waals surface area contributed by atoms with Gasteiger partial charge in [-0.05, 0) is 55.0 Å². The van der Waals surface area contributed by atoms with Crippen molar-refractivity contribution < 1.29 is 23.4 Å². The Morgan fingerprint density at radius 2 is 1.88 bits per heavy atom. The summed E-state index contributed by atoms with van der Waals surface area (Å²) in [5, 5.41) is 0. The van der Waals surface area contributed by atoms with Crippen LogP contribution in [0.1, 0.15) is 25.3 Å². The van der Waals surface area contributed by atoms with E-state index in [1.165, 1.54) is 24.4 Å². The molecule has 1 amide bonds. The van der Waals surface area contributed by atoms with Crippen LogP contribution in [0.5, 0.6) is 23.0 Å². The molecule has 1 aromatic heterocycles. The Balaban J connectivity index is 1.29. The van der Waals surface area contributed by atoms with E-state index >= 15 is 0 Å². The van der Waals surface area contributed by atoms with E-state index in [9.17, 15) is 9.18 Å². The maximum Gasteiger partial charge on any atom is 0.246 e. The first-order valence-corrected chi connectivity index (χ1v) is 11.4. The lowest BCUT2D eigenvalue weighted by atomic mass is 10.1. The standard InChI is InChI=1S/C27H27FN2O4/c1-2-32-25-7-3-4-8-26(25)33-21-13-16-30(17-14-21)27(31)12-10-20-9-11-24(23(28)18-20)34-22-6-5-15-29-19-22/h3-12,15,18-19,21H,2,13-14,16-17H2,1H3/b12-10+. The van der Waals surface area contributed by atoms with Crippen LogP contribution in [0.4, 0.5) is 4.39 Å². The summed E-state index contributed by atoms with van der Waals surface area (Å²) in [5.41, 5.74) is 0.579. The molecule has 34 heavy (non-hydrogen) atoms.